The Kier molecular flexibility index (Phi) is 3.23. The maximum absolute atomic E-state index is 12.8. The van der Waals surface area contributed by atoms with Crippen LogP contribution in [0.1, 0.15) is 6.42 Å². The van der Waals surface area contributed by atoms with Crippen molar-refractivity contribution >= 4 is 33.7 Å². The zero-order valence-corrected chi connectivity index (χ0v) is 14.9. The minimum Gasteiger partial charge on any atom is -0.425 e. The summed E-state index contributed by atoms with van der Waals surface area (Å²) in [6.07, 6.45) is 5.37. The van der Waals surface area contributed by atoms with E-state index in [2.05, 4.69) is 28.1 Å². The minimum atomic E-state index is -0.590. The van der Waals surface area contributed by atoms with Crippen LogP contribution in [0.5, 0.6) is 5.75 Å². The fraction of sp³-hybridized carbons (Fsp3) is 0.421. The summed E-state index contributed by atoms with van der Waals surface area (Å²) in [6.45, 7) is -0.310. The molecule has 128 valence electrons. The van der Waals surface area contributed by atoms with E-state index >= 15 is 0 Å². The molecule has 4 aliphatic carbocycles. The van der Waals surface area contributed by atoms with Gasteiger partial charge in [-0.3, -0.25) is 14.5 Å². The van der Waals surface area contributed by atoms with Crippen LogP contribution in [-0.4, -0.2) is 29.2 Å². The van der Waals surface area contributed by atoms with E-state index in [1.54, 1.807) is 24.3 Å². The molecule has 25 heavy (non-hydrogen) atoms. The third-order valence-corrected chi connectivity index (χ3v) is 6.62. The van der Waals surface area contributed by atoms with Crippen LogP contribution in [0.2, 0.25) is 0 Å². The Morgan fingerprint density at radius 2 is 1.60 bits per heavy atom. The predicted molar refractivity (Wildman–Crippen MR) is 91.2 cm³/mol. The van der Waals surface area contributed by atoms with Crippen LogP contribution < -0.4 is 4.74 Å². The smallest absolute Gasteiger partial charge is 0.331 e. The molecular weight excluding hydrogens is 386 g/mol. The van der Waals surface area contributed by atoms with Crippen molar-refractivity contribution < 1.29 is 19.1 Å². The van der Waals surface area contributed by atoms with Gasteiger partial charge >= 0.3 is 5.97 Å². The Morgan fingerprint density at radius 1 is 1.04 bits per heavy atom. The highest BCUT2D eigenvalue weighted by molar-refractivity contribution is 9.10. The molecule has 2 amide bonds. The first-order valence-electron chi connectivity index (χ1n) is 8.54. The molecule has 1 aliphatic heterocycles. The highest BCUT2D eigenvalue weighted by atomic mass is 79.9. The van der Waals surface area contributed by atoms with Crippen molar-refractivity contribution in [1.29, 1.82) is 0 Å². The van der Waals surface area contributed by atoms with Crippen molar-refractivity contribution in [3.63, 3.8) is 0 Å². The Morgan fingerprint density at radius 3 is 2.16 bits per heavy atom. The number of esters is 1. The fourth-order valence-electron chi connectivity index (χ4n) is 4.97. The van der Waals surface area contributed by atoms with E-state index in [9.17, 15) is 14.4 Å². The SMILES string of the molecule is O=C(CN1C(=O)[C@@H]2[C@H]3C=C[C@@H]([C@@H]4C[C@H]34)[C@H]2C1=O)Oc1ccc(Br)cc1. The zero-order valence-electron chi connectivity index (χ0n) is 13.3. The van der Waals surface area contributed by atoms with Gasteiger partial charge in [-0.15, -0.1) is 0 Å². The number of hydrogen-bond acceptors (Lipinski definition) is 4. The van der Waals surface area contributed by atoms with Crippen LogP contribution in [0.3, 0.4) is 0 Å². The van der Waals surface area contributed by atoms with Gasteiger partial charge in [0.25, 0.3) is 0 Å². The second-order valence-electron chi connectivity index (χ2n) is 7.35. The van der Waals surface area contributed by atoms with Gasteiger partial charge in [-0.05, 0) is 54.4 Å². The first-order valence-corrected chi connectivity index (χ1v) is 9.33. The molecule has 6 rings (SSSR count). The van der Waals surface area contributed by atoms with Gasteiger partial charge in [0.1, 0.15) is 12.3 Å². The van der Waals surface area contributed by atoms with Crippen molar-refractivity contribution in [2.75, 3.05) is 6.54 Å². The molecule has 0 spiro atoms. The van der Waals surface area contributed by atoms with E-state index < -0.39 is 5.97 Å². The molecule has 5 aliphatic rings. The molecule has 5 nitrogen and oxygen atoms in total. The first-order chi connectivity index (χ1) is 12.0. The zero-order chi connectivity index (χ0) is 17.3. The molecule has 0 unspecified atom stereocenters. The van der Waals surface area contributed by atoms with Gasteiger partial charge in [0.2, 0.25) is 11.8 Å². The number of carbonyl (C=O) groups excluding carboxylic acids is 3. The van der Waals surface area contributed by atoms with Crippen LogP contribution in [0, 0.1) is 35.5 Å². The molecule has 3 fully saturated rings. The Labute approximate surface area is 153 Å². The maximum atomic E-state index is 12.8. The number of imide groups is 1. The molecule has 1 saturated heterocycles. The van der Waals surface area contributed by atoms with E-state index in [0.29, 0.717) is 17.6 Å². The number of benzene rings is 1. The summed E-state index contributed by atoms with van der Waals surface area (Å²) >= 11 is 3.31. The van der Waals surface area contributed by atoms with Gasteiger partial charge in [0.15, 0.2) is 0 Å². The largest absolute Gasteiger partial charge is 0.425 e. The highest BCUT2D eigenvalue weighted by Crippen LogP contribution is 2.65. The van der Waals surface area contributed by atoms with Crippen LogP contribution in [-0.2, 0) is 14.4 Å². The Bertz CT molecular complexity index is 781. The summed E-state index contributed by atoms with van der Waals surface area (Å²) in [5, 5.41) is 0. The number of likely N-dealkylation sites (tertiary alicyclic amines) is 1. The number of amides is 2. The van der Waals surface area contributed by atoms with Crippen LogP contribution in [0.4, 0.5) is 0 Å². The van der Waals surface area contributed by atoms with Gasteiger partial charge in [0.05, 0.1) is 11.8 Å². The summed E-state index contributed by atoms with van der Waals surface area (Å²) in [4.78, 5) is 38.9. The molecular formula is C19H16BrNO4. The molecule has 1 aromatic rings. The van der Waals surface area contributed by atoms with Crippen molar-refractivity contribution in [2.45, 2.75) is 6.42 Å². The van der Waals surface area contributed by atoms with Gasteiger partial charge in [0, 0.05) is 4.47 Å². The highest BCUT2D eigenvalue weighted by Gasteiger charge is 2.67. The molecule has 1 aromatic carbocycles. The van der Waals surface area contributed by atoms with Crippen LogP contribution in [0.15, 0.2) is 40.9 Å². The van der Waals surface area contributed by atoms with Gasteiger partial charge in [-0.2, -0.15) is 0 Å². The number of hydrogen-bond donors (Lipinski definition) is 0. The van der Waals surface area contributed by atoms with Crippen molar-refractivity contribution in [1.82, 2.24) is 4.90 Å². The summed E-state index contributed by atoms with van der Waals surface area (Å²) in [5.74, 6) is 0.317. The normalized spacial score (nSPS) is 37.1. The third-order valence-electron chi connectivity index (χ3n) is 6.09. The van der Waals surface area contributed by atoms with E-state index in [1.807, 2.05) is 0 Å². The van der Waals surface area contributed by atoms with Gasteiger partial charge in [-0.1, -0.05) is 28.1 Å². The number of nitrogens with zero attached hydrogens (tertiary/aromatic N) is 1. The van der Waals surface area contributed by atoms with Crippen LogP contribution >= 0.6 is 15.9 Å². The monoisotopic (exact) mass is 401 g/mol. The number of rotatable bonds is 3. The maximum Gasteiger partial charge on any atom is 0.331 e. The van der Waals surface area contributed by atoms with Crippen molar-refractivity contribution in [3.8, 4) is 5.75 Å². The summed E-state index contributed by atoms with van der Waals surface area (Å²) in [6, 6.07) is 6.85. The second kappa shape index (κ2) is 5.27. The second-order valence-corrected chi connectivity index (χ2v) is 8.26. The van der Waals surface area contributed by atoms with Crippen molar-refractivity contribution in [3.05, 3.63) is 40.9 Å². The lowest BCUT2D eigenvalue weighted by molar-refractivity contribution is -0.148. The molecule has 6 atom stereocenters. The topological polar surface area (TPSA) is 63.7 Å². The van der Waals surface area contributed by atoms with Crippen molar-refractivity contribution in [2.24, 2.45) is 35.5 Å². The average molecular weight is 402 g/mol. The lowest BCUT2D eigenvalue weighted by atomic mass is 9.63. The third kappa shape index (κ3) is 2.23. The van der Waals surface area contributed by atoms with Crippen LogP contribution in [0.25, 0.3) is 0 Å². The number of ether oxygens (including phenoxy) is 1. The van der Waals surface area contributed by atoms with Gasteiger partial charge < -0.3 is 4.74 Å². The molecule has 6 heteroatoms. The lowest BCUT2D eigenvalue weighted by Crippen LogP contribution is -2.40. The molecule has 1 heterocycles. The quantitative estimate of drug-likeness (QED) is 0.337. The number of carbonyl (C=O) groups is 3. The summed E-state index contributed by atoms with van der Waals surface area (Å²) in [7, 11) is 0. The minimum absolute atomic E-state index is 0.170. The summed E-state index contributed by atoms with van der Waals surface area (Å²) < 4.78 is 6.14. The lowest BCUT2D eigenvalue weighted by Gasteiger charge is -2.37. The molecule has 2 saturated carbocycles. The molecule has 2 bridgehead atoms. The molecule has 0 radical (unpaired) electrons. The van der Waals surface area contributed by atoms with E-state index in [4.69, 9.17) is 4.74 Å². The summed E-state index contributed by atoms with van der Waals surface area (Å²) in [5.41, 5.74) is 0. The number of allylic oxidation sites excluding steroid dienone is 2. The fourth-order valence-corrected chi connectivity index (χ4v) is 5.23. The average Bonchev–Trinajstić information content (AvgIpc) is 3.38. The molecule has 0 aromatic heterocycles. The van der Waals surface area contributed by atoms with E-state index in [-0.39, 0.29) is 42.0 Å². The standard InChI is InChI=1S/C19H16BrNO4/c20-9-1-3-10(4-2-9)25-15(22)8-21-18(23)16-11-5-6-12(14-7-13(11)14)17(16)19(21)24/h1-6,11-14,16-17H,7-8H2/t11-,12-,13-,14+,16+,17+/m0/s1. The molecule has 0 N–H and O–H groups in total. The number of halogens is 1. The Balaban J connectivity index is 1.32. The predicted octanol–water partition coefficient (Wildman–Crippen LogP) is 2.41. The first kappa shape index (κ1) is 15.3. The van der Waals surface area contributed by atoms with Gasteiger partial charge in [-0.25, -0.2) is 4.79 Å². The van der Waals surface area contributed by atoms with E-state index in [1.165, 1.54) is 0 Å². The van der Waals surface area contributed by atoms with E-state index in [0.717, 1.165) is 15.8 Å². The Hall–Kier alpha value is -1.95.